The largest absolute Gasteiger partial charge is 0.497 e. The summed E-state index contributed by atoms with van der Waals surface area (Å²) < 4.78 is 11.5. The molecule has 2 amide bonds. The van der Waals surface area contributed by atoms with Gasteiger partial charge in [-0.05, 0) is 68.4 Å². The predicted molar refractivity (Wildman–Crippen MR) is 145 cm³/mol. The SMILES string of the molecule is CNC(=O)Nc1ccc2c(c1)C(=O)C(=Cc1c[nH]c3c(CCCN4CCN(C)CC4)cc(OC)cc13)O2. The summed E-state index contributed by atoms with van der Waals surface area (Å²) in [7, 11) is 5.38. The number of amides is 2. The number of benzene rings is 2. The van der Waals surface area contributed by atoms with Crippen LogP contribution in [0.25, 0.3) is 17.0 Å². The number of aryl methyl sites for hydroxylation is 1. The summed E-state index contributed by atoms with van der Waals surface area (Å²) in [6.45, 7) is 5.54. The first-order valence-electron chi connectivity index (χ1n) is 12.6. The summed E-state index contributed by atoms with van der Waals surface area (Å²) in [6.07, 6.45) is 5.66. The van der Waals surface area contributed by atoms with Crippen molar-refractivity contribution >= 4 is 34.5 Å². The molecule has 3 heterocycles. The number of aromatic amines is 1. The van der Waals surface area contributed by atoms with Crippen LogP contribution in [0.3, 0.4) is 0 Å². The van der Waals surface area contributed by atoms with Crippen LogP contribution in [0.4, 0.5) is 10.5 Å². The van der Waals surface area contributed by atoms with E-state index in [1.54, 1.807) is 31.4 Å². The molecule has 0 saturated carbocycles. The highest BCUT2D eigenvalue weighted by atomic mass is 16.5. The van der Waals surface area contributed by atoms with E-state index in [9.17, 15) is 9.59 Å². The maximum absolute atomic E-state index is 13.1. The number of nitrogens with zero attached hydrogens (tertiary/aromatic N) is 2. The standard InChI is InChI=1S/C28H33N5O4/c1-29-28(35)31-20-6-7-24-23(15-20)27(34)25(37-24)14-19-17-30-26-18(13-21(36-3)16-22(19)26)5-4-8-33-11-9-32(2)10-12-33/h6-7,13-17,30H,4-5,8-12H2,1-3H3,(H2,29,31,35). The van der Waals surface area contributed by atoms with E-state index in [4.69, 9.17) is 9.47 Å². The number of carbonyl (C=O) groups is 2. The quantitative estimate of drug-likeness (QED) is 0.425. The lowest BCUT2D eigenvalue weighted by Gasteiger charge is -2.32. The van der Waals surface area contributed by atoms with Gasteiger partial charge in [-0.15, -0.1) is 0 Å². The fourth-order valence-corrected chi connectivity index (χ4v) is 4.90. The average Bonchev–Trinajstić information content (AvgIpc) is 3.45. The van der Waals surface area contributed by atoms with Crippen LogP contribution >= 0.6 is 0 Å². The number of Topliss-reactive ketones (excluding diaryl/α,β-unsaturated/α-hetero) is 1. The highest BCUT2D eigenvalue weighted by molar-refractivity contribution is 6.15. The number of likely N-dealkylation sites (N-methyl/N-ethyl adjacent to an activating group) is 1. The van der Waals surface area contributed by atoms with Gasteiger partial charge < -0.3 is 34.9 Å². The highest BCUT2D eigenvalue weighted by Gasteiger charge is 2.28. The van der Waals surface area contributed by atoms with Crippen LogP contribution in [0.1, 0.15) is 27.9 Å². The molecule has 3 N–H and O–H groups in total. The van der Waals surface area contributed by atoms with E-state index in [-0.39, 0.29) is 17.6 Å². The van der Waals surface area contributed by atoms with Crippen molar-refractivity contribution in [2.45, 2.75) is 12.8 Å². The van der Waals surface area contributed by atoms with Crippen LogP contribution in [-0.2, 0) is 6.42 Å². The van der Waals surface area contributed by atoms with Gasteiger partial charge >= 0.3 is 6.03 Å². The zero-order chi connectivity index (χ0) is 25.9. The minimum absolute atomic E-state index is 0.222. The average molecular weight is 504 g/mol. The number of piperazine rings is 1. The van der Waals surface area contributed by atoms with Gasteiger partial charge in [0.1, 0.15) is 11.5 Å². The van der Waals surface area contributed by atoms with E-state index in [0.717, 1.165) is 67.8 Å². The third-order valence-electron chi connectivity index (χ3n) is 7.07. The number of rotatable bonds is 7. The number of nitrogens with one attached hydrogen (secondary N) is 3. The summed E-state index contributed by atoms with van der Waals surface area (Å²) in [5.74, 6) is 1.28. The zero-order valence-electron chi connectivity index (χ0n) is 21.5. The third kappa shape index (κ3) is 5.33. The number of hydrogen-bond acceptors (Lipinski definition) is 6. The van der Waals surface area contributed by atoms with Crippen molar-refractivity contribution in [3.8, 4) is 11.5 Å². The Morgan fingerprint density at radius 3 is 2.76 bits per heavy atom. The molecule has 5 rings (SSSR count). The smallest absolute Gasteiger partial charge is 0.318 e. The second-order valence-corrected chi connectivity index (χ2v) is 9.56. The van der Waals surface area contributed by atoms with Crippen molar-refractivity contribution in [3.05, 3.63) is 59.0 Å². The van der Waals surface area contributed by atoms with Gasteiger partial charge in [0.2, 0.25) is 5.78 Å². The molecule has 9 nitrogen and oxygen atoms in total. The molecule has 37 heavy (non-hydrogen) atoms. The Kier molecular flexibility index (Phi) is 7.16. The van der Waals surface area contributed by atoms with Crippen LogP contribution in [0.2, 0.25) is 0 Å². The summed E-state index contributed by atoms with van der Waals surface area (Å²) in [4.78, 5) is 33.0. The van der Waals surface area contributed by atoms with Crippen molar-refractivity contribution < 1.29 is 19.1 Å². The molecular formula is C28H33N5O4. The van der Waals surface area contributed by atoms with Gasteiger partial charge in [-0.25, -0.2) is 4.79 Å². The lowest BCUT2D eigenvalue weighted by molar-refractivity contribution is 0.101. The fraction of sp³-hybridized carbons (Fsp3) is 0.357. The minimum atomic E-state index is -0.353. The van der Waals surface area contributed by atoms with Gasteiger partial charge in [0.15, 0.2) is 5.76 Å². The Balaban J connectivity index is 1.35. The lowest BCUT2D eigenvalue weighted by Crippen LogP contribution is -2.44. The van der Waals surface area contributed by atoms with Gasteiger partial charge in [-0.3, -0.25) is 4.79 Å². The Morgan fingerprint density at radius 2 is 2.00 bits per heavy atom. The number of aromatic nitrogens is 1. The summed E-state index contributed by atoms with van der Waals surface area (Å²) in [5.41, 5.74) is 4.04. The molecule has 194 valence electrons. The van der Waals surface area contributed by atoms with E-state index in [1.807, 2.05) is 12.3 Å². The second-order valence-electron chi connectivity index (χ2n) is 9.56. The van der Waals surface area contributed by atoms with Crippen molar-refractivity contribution in [3.63, 3.8) is 0 Å². The van der Waals surface area contributed by atoms with E-state index in [0.29, 0.717) is 17.0 Å². The molecule has 0 atom stereocenters. The maximum Gasteiger partial charge on any atom is 0.318 e. The first kappa shape index (κ1) is 24.9. The van der Waals surface area contributed by atoms with Crippen molar-refractivity contribution in [2.75, 3.05) is 59.2 Å². The lowest BCUT2D eigenvalue weighted by atomic mass is 10.0. The van der Waals surface area contributed by atoms with E-state index < -0.39 is 0 Å². The Bertz CT molecular complexity index is 1350. The highest BCUT2D eigenvalue weighted by Crippen LogP contribution is 2.36. The first-order valence-corrected chi connectivity index (χ1v) is 12.6. The van der Waals surface area contributed by atoms with Gasteiger partial charge in [0.25, 0.3) is 0 Å². The third-order valence-corrected chi connectivity index (χ3v) is 7.07. The molecule has 0 spiro atoms. The van der Waals surface area contributed by atoms with E-state index in [2.05, 4.69) is 38.5 Å². The Hall–Kier alpha value is -3.82. The number of carbonyl (C=O) groups excluding carboxylic acids is 2. The second kappa shape index (κ2) is 10.7. The Labute approximate surface area is 216 Å². The van der Waals surface area contributed by atoms with E-state index >= 15 is 0 Å². The fourth-order valence-electron chi connectivity index (χ4n) is 4.90. The van der Waals surface area contributed by atoms with Gasteiger partial charge in [0.05, 0.1) is 12.7 Å². The molecule has 0 bridgehead atoms. The number of anilines is 1. The first-order chi connectivity index (χ1) is 17.9. The topological polar surface area (TPSA) is 98.9 Å². The molecule has 9 heteroatoms. The zero-order valence-corrected chi connectivity index (χ0v) is 21.5. The number of allylic oxidation sites excluding steroid dienone is 1. The van der Waals surface area contributed by atoms with Crippen molar-refractivity contribution in [2.24, 2.45) is 0 Å². The van der Waals surface area contributed by atoms with Crippen molar-refractivity contribution in [1.29, 1.82) is 0 Å². The molecule has 3 aromatic rings. The van der Waals surface area contributed by atoms with Gasteiger partial charge in [-0.1, -0.05) is 0 Å². The molecule has 1 saturated heterocycles. The van der Waals surface area contributed by atoms with Gasteiger partial charge in [-0.2, -0.15) is 0 Å². The number of methoxy groups -OCH3 is 1. The molecule has 2 aromatic carbocycles. The minimum Gasteiger partial charge on any atom is -0.497 e. The van der Waals surface area contributed by atoms with Gasteiger partial charge in [0, 0.05) is 61.6 Å². The van der Waals surface area contributed by atoms with Crippen LogP contribution < -0.4 is 20.1 Å². The van der Waals surface area contributed by atoms with Crippen molar-refractivity contribution in [1.82, 2.24) is 20.1 Å². The number of ether oxygens (including phenoxy) is 2. The van der Waals surface area contributed by atoms with Crippen LogP contribution in [0, 0.1) is 0 Å². The number of fused-ring (bicyclic) bond motifs is 2. The molecule has 1 fully saturated rings. The number of ketones is 1. The number of H-pyrrole nitrogens is 1. The van der Waals surface area contributed by atoms with Crippen LogP contribution in [0.5, 0.6) is 11.5 Å². The summed E-state index contributed by atoms with van der Waals surface area (Å²) >= 11 is 0. The number of hydrogen-bond donors (Lipinski definition) is 3. The molecule has 1 aromatic heterocycles. The molecule has 2 aliphatic heterocycles. The maximum atomic E-state index is 13.1. The molecule has 0 radical (unpaired) electrons. The molecular weight excluding hydrogens is 470 g/mol. The summed E-state index contributed by atoms with van der Waals surface area (Å²) in [5, 5.41) is 6.16. The Morgan fingerprint density at radius 1 is 1.19 bits per heavy atom. The number of urea groups is 1. The summed E-state index contributed by atoms with van der Waals surface area (Å²) in [6, 6.07) is 8.75. The van der Waals surface area contributed by atoms with Crippen LogP contribution in [-0.4, -0.2) is 80.5 Å². The normalized spacial score (nSPS) is 17.2. The molecule has 0 unspecified atom stereocenters. The monoisotopic (exact) mass is 503 g/mol. The molecule has 0 aliphatic carbocycles. The van der Waals surface area contributed by atoms with Crippen LogP contribution in [0.15, 0.2) is 42.3 Å². The predicted octanol–water partition coefficient (Wildman–Crippen LogP) is 3.72. The molecule has 2 aliphatic rings. The van der Waals surface area contributed by atoms with E-state index in [1.165, 1.54) is 12.6 Å².